The van der Waals surface area contributed by atoms with Crippen LogP contribution in [0.5, 0.6) is 0 Å². The SMILES string of the molecule is CCC(C)N(CC)C(=O)c1cnn(C)c1N. The molecule has 16 heavy (non-hydrogen) atoms. The minimum Gasteiger partial charge on any atom is -0.383 e. The standard InChI is InChI=1S/C11H20N4O/c1-5-8(3)15(6-2)11(16)9-7-13-14(4)10(9)12/h7-8H,5-6,12H2,1-4H3. The lowest BCUT2D eigenvalue weighted by atomic mass is 10.2. The molecule has 1 atom stereocenters. The van der Waals surface area contributed by atoms with E-state index in [9.17, 15) is 4.79 Å². The molecule has 0 saturated heterocycles. The number of rotatable bonds is 4. The fourth-order valence-corrected chi connectivity index (χ4v) is 1.64. The van der Waals surface area contributed by atoms with Gasteiger partial charge >= 0.3 is 0 Å². The van der Waals surface area contributed by atoms with Crippen LogP contribution < -0.4 is 5.73 Å². The van der Waals surface area contributed by atoms with E-state index < -0.39 is 0 Å². The van der Waals surface area contributed by atoms with Crippen LogP contribution in [0.3, 0.4) is 0 Å². The zero-order valence-electron chi connectivity index (χ0n) is 10.4. The van der Waals surface area contributed by atoms with Gasteiger partial charge in [0.25, 0.3) is 5.91 Å². The van der Waals surface area contributed by atoms with Gasteiger partial charge in [-0.2, -0.15) is 5.10 Å². The quantitative estimate of drug-likeness (QED) is 0.837. The second-order valence-corrected chi connectivity index (χ2v) is 3.92. The summed E-state index contributed by atoms with van der Waals surface area (Å²) in [4.78, 5) is 14.0. The third-order valence-electron chi connectivity index (χ3n) is 2.94. The van der Waals surface area contributed by atoms with Crippen LogP contribution >= 0.6 is 0 Å². The van der Waals surface area contributed by atoms with Gasteiger partial charge < -0.3 is 10.6 Å². The molecule has 90 valence electrons. The van der Waals surface area contributed by atoms with Crippen LogP contribution in [0.4, 0.5) is 5.82 Å². The highest BCUT2D eigenvalue weighted by molar-refractivity contribution is 5.98. The van der Waals surface area contributed by atoms with Crippen LogP contribution in [0, 0.1) is 0 Å². The van der Waals surface area contributed by atoms with E-state index in [0.717, 1.165) is 6.42 Å². The van der Waals surface area contributed by atoms with E-state index in [2.05, 4.69) is 12.0 Å². The predicted molar refractivity (Wildman–Crippen MR) is 64.1 cm³/mol. The molecule has 1 aromatic rings. The molecule has 0 fully saturated rings. The Bertz CT molecular complexity index is 372. The molecule has 0 bridgehead atoms. The van der Waals surface area contributed by atoms with Gasteiger partial charge in [-0.1, -0.05) is 6.92 Å². The molecular formula is C11H20N4O. The molecule has 5 heteroatoms. The van der Waals surface area contributed by atoms with E-state index in [0.29, 0.717) is 17.9 Å². The highest BCUT2D eigenvalue weighted by Gasteiger charge is 2.22. The average molecular weight is 224 g/mol. The number of nitrogen functional groups attached to an aromatic ring is 1. The number of aromatic nitrogens is 2. The first kappa shape index (κ1) is 12.5. The number of hydrogen-bond donors (Lipinski definition) is 1. The van der Waals surface area contributed by atoms with Gasteiger partial charge in [-0.25, -0.2) is 0 Å². The molecular weight excluding hydrogens is 204 g/mol. The Morgan fingerprint density at radius 3 is 2.62 bits per heavy atom. The predicted octanol–water partition coefficient (Wildman–Crippen LogP) is 1.26. The maximum absolute atomic E-state index is 12.2. The van der Waals surface area contributed by atoms with Crippen LogP contribution in [-0.2, 0) is 7.05 Å². The summed E-state index contributed by atoms with van der Waals surface area (Å²) in [6.07, 6.45) is 2.46. The lowest BCUT2D eigenvalue weighted by Crippen LogP contribution is -2.38. The fourth-order valence-electron chi connectivity index (χ4n) is 1.64. The zero-order chi connectivity index (χ0) is 12.3. The molecule has 1 rings (SSSR count). The second kappa shape index (κ2) is 5.01. The van der Waals surface area contributed by atoms with E-state index in [-0.39, 0.29) is 11.9 Å². The van der Waals surface area contributed by atoms with Crippen molar-refractivity contribution >= 4 is 11.7 Å². The molecule has 0 aromatic carbocycles. The van der Waals surface area contributed by atoms with Crippen molar-refractivity contribution in [3.05, 3.63) is 11.8 Å². The summed E-state index contributed by atoms with van der Waals surface area (Å²) in [6, 6.07) is 0.220. The number of aryl methyl sites for hydroxylation is 1. The molecule has 0 radical (unpaired) electrons. The van der Waals surface area contributed by atoms with Gasteiger partial charge in [0.1, 0.15) is 11.4 Å². The van der Waals surface area contributed by atoms with E-state index >= 15 is 0 Å². The summed E-state index contributed by atoms with van der Waals surface area (Å²) >= 11 is 0. The largest absolute Gasteiger partial charge is 0.383 e. The average Bonchev–Trinajstić information content (AvgIpc) is 2.60. The van der Waals surface area contributed by atoms with Gasteiger partial charge in [0.15, 0.2) is 0 Å². The number of nitrogens with zero attached hydrogens (tertiary/aromatic N) is 3. The van der Waals surface area contributed by atoms with Crippen LogP contribution in [0.25, 0.3) is 0 Å². The Kier molecular flexibility index (Phi) is 3.93. The Labute approximate surface area is 96.2 Å². The molecule has 0 aliphatic heterocycles. The van der Waals surface area contributed by atoms with Crippen molar-refractivity contribution in [1.29, 1.82) is 0 Å². The third-order valence-corrected chi connectivity index (χ3v) is 2.94. The Balaban J connectivity index is 2.96. The smallest absolute Gasteiger partial charge is 0.259 e. The first-order chi connectivity index (χ1) is 7.52. The van der Waals surface area contributed by atoms with Crippen LogP contribution in [0.1, 0.15) is 37.6 Å². The summed E-state index contributed by atoms with van der Waals surface area (Å²) in [5.74, 6) is 0.384. The minimum absolute atomic E-state index is 0.0394. The van der Waals surface area contributed by atoms with Crippen LogP contribution in [0.15, 0.2) is 6.20 Å². The maximum atomic E-state index is 12.2. The van der Waals surface area contributed by atoms with Crippen molar-refractivity contribution in [3.63, 3.8) is 0 Å². The van der Waals surface area contributed by atoms with Crippen molar-refractivity contribution in [1.82, 2.24) is 14.7 Å². The van der Waals surface area contributed by atoms with Crippen molar-refractivity contribution in [2.75, 3.05) is 12.3 Å². The zero-order valence-corrected chi connectivity index (χ0v) is 10.4. The summed E-state index contributed by atoms with van der Waals surface area (Å²) < 4.78 is 1.51. The number of nitrogens with two attached hydrogens (primary N) is 1. The monoisotopic (exact) mass is 224 g/mol. The molecule has 1 amide bonds. The molecule has 0 spiro atoms. The van der Waals surface area contributed by atoms with Gasteiger partial charge in [-0.15, -0.1) is 0 Å². The molecule has 0 aliphatic rings. The number of hydrogen-bond acceptors (Lipinski definition) is 3. The second-order valence-electron chi connectivity index (χ2n) is 3.92. The summed E-state index contributed by atoms with van der Waals surface area (Å²) in [5, 5.41) is 3.98. The molecule has 0 saturated carbocycles. The van der Waals surface area contributed by atoms with Gasteiger partial charge in [0.2, 0.25) is 0 Å². The van der Waals surface area contributed by atoms with Crippen LogP contribution in [0.2, 0.25) is 0 Å². The van der Waals surface area contributed by atoms with Gasteiger partial charge in [0.05, 0.1) is 6.20 Å². The molecule has 1 aromatic heterocycles. The topological polar surface area (TPSA) is 64.2 Å². The molecule has 5 nitrogen and oxygen atoms in total. The number of carbonyl (C=O) groups excluding carboxylic acids is 1. The highest BCUT2D eigenvalue weighted by Crippen LogP contribution is 2.15. The molecule has 0 aliphatic carbocycles. The number of anilines is 1. The van der Waals surface area contributed by atoms with Gasteiger partial charge in [-0.3, -0.25) is 9.48 Å². The highest BCUT2D eigenvalue weighted by atomic mass is 16.2. The first-order valence-corrected chi connectivity index (χ1v) is 5.61. The Hall–Kier alpha value is -1.52. The van der Waals surface area contributed by atoms with E-state index in [4.69, 9.17) is 5.73 Å². The third kappa shape index (κ3) is 2.18. The Morgan fingerprint density at radius 1 is 1.62 bits per heavy atom. The lowest BCUT2D eigenvalue weighted by Gasteiger charge is -2.26. The van der Waals surface area contributed by atoms with Crippen molar-refractivity contribution < 1.29 is 4.79 Å². The minimum atomic E-state index is -0.0394. The summed E-state index contributed by atoms with van der Waals surface area (Å²) in [7, 11) is 1.73. The van der Waals surface area contributed by atoms with Crippen molar-refractivity contribution in [3.8, 4) is 0 Å². The fraction of sp³-hybridized carbons (Fsp3) is 0.636. The Morgan fingerprint density at radius 2 is 2.25 bits per heavy atom. The van der Waals surface area contributed by atoms with Gasteiger partial charge in [0, 0.05) is 19.6 Å². The number of amides is 1. The maximum Gasteiger partial charge on any atom is 0.259 e. The van der Waals surface area contributed by atoms with Crippen molar-refractivity contribution in [2.24, 2.45) is 7.05 Å². The molecule has 1 unspecified atom stereocenters. The van der Waals surface area contributed by atoms with Gasteiger partial charge in [-0.05, 0) is 20.3 Å². The molecule has 2 N–H and O–H groups in total. The number of carbonyl (C=O) groups is 1. The van der Waals surface area contributed by atoms with E-state index in [1.165, 1.54) is 10.9 Å². The van der Waals surface area contributed by atoms with E-state index in [1.54, 1.807) is 7.05 Å². The summed E-state index contributed by atoms with van der Waals surface area (Å²) in [6.45, 7) is 6.75. The normalized spacial score (nSPS) is 12.5. The first-order valence-electron chi connectivity index (χ1n) is 5.61. The summed E-state index contributed by atoms with van der Waals surface area (Å²) in [5.41, 5.74) is 6.28. The van der Waals surface area contributed by atoms with Crippen LogP contribution in [-0.4, -0.2) is 33.2 Å². The van der Waals surface area contributed by atoms with E-state index in [1.807, 2.05) is 18.7 Å². The molecule has 1 heterocycles. The van der Waals surface area contributed by atoms with Crippen molar-refractivity contribution in [2.45, 2.75) is 33.2 Å². The lowest BCUT2D eigenvalue weighted by molar-refractivity contribution is 0.0701.